The predicted molar refractivity (Wildman–Crippen MR) is 31.1 cm³/mol. The van der Waals surface area contributed by atoms with Gasteiger partial charge in [0.15, 0.2) is 0 Å². The van der Waals surface area contributed by atoms with Crippen LogP contribution in [-0.4, -0.2) is 28.8 Å². The van der Waals surface area contributed by atoms with E-state index in [0.717, 1.165) is 0 Å². The summed E-state index contributed by atoms with van der Waals surface area (Å²) in [7, 11) is 0. The number of carbonyl (C=O) groups excluding carboxylic acids is 1. The lowest BCUT2D eigenvalue weighted by atomic mass is 10.4. The van der Waals surface area contributed by atoms with Crippen LogP contribution in [0.3, 0.4) is 0 Å². The zero-order valence-corrected chi connectivity index (χ0v) is 5.29. The number of aliphatic hydroxyl groups excluding tert-OH is 1. The van der Waals surface area contributed by atoms with Crippen molar-refractivity contribution in [2.45, 2.75) is 19.6 Å². The molecule has 1 fully saturated rings. The van der Waals surface area contributed by atoms with Crippen LogP contribution in [0.1, 0.15) is 13.3 Å². The van der Waals surface area contributed by atoms with Crippen molar-refractivity contribution in [1.82, 2.24) is 10.4 Å². The zero-order valence-electron chi connectivity index (χ0n) is 5.29. The van der Waals surface area contributed by atoms with Crippen LogP contribution in [0.5, 0.6) is 0 Å². The average Bonchev–Trinajstić information content (AvgIpc) is 2.13. The second-order valence-electron chi connectivity index (χ2n) is 2.07. The topological polar surface area (TPSA) is 52.6 Å². The molecule has 1 saturated heterocycles. The minimum atomic E-state index is -0.623. The second-order valence-corrected chi connectivity index (χ2v) is 2.07. The third-order valence-electron chi connectivity index (χ3n) is 1.32. The molecule has 4 nitrogen and oxygen atoms in total. The van der Waals surface area contributed by atoms with Gasteiger partial charge in [-0.2, -0.15) is 0 Å². The Hall–Kier alpha value is -0.610. The van der Waals surface area contributed by atoms with E-state index >= 15 is 0 Å². The summed E-state index contributed by atoms with van der Waals surface area (Å²) in [5.41, 5.74) is 2.74. The molecular formula is C5H10N2O2. The number of rotatable bonds is 0. The Labute approximate surface area is 53.4 Å². The zero-order chi connectivity index (χ0) is 6.85. The van der Waals surface area contributed by atoms with Crippen molar-refractivity contribution in [2.75, 3.05) is 6.54 Å². The van der Waals surface area contributed by atoms with E-state index in [1.165, 1.54) is 11.9 Å². The van der Waals surface area contributed by atoms with Crippen LogP contribution in [0.25, 0.3) is 0 Å². The molecule has 1 atom stereocenters. The minimum absolute atomic E-state index is 0.139. The molecule has 0 aliphatic carbocycles. The highest BCUT2D eigenvalue weighted by Crippen LogP contribution is 2.03. The summed E-state index contributed by atoms with van der Waals surface area (Å²) >= 11 is 0. The first kappa shape index (κ1) is 6.51. The summed E-state index contributed by atoms with van der Waals surface area (Å²) in [5.74, 6) is -0.139. The SMILES string of the molecule is CC(=O)N1NCCC1O. The van der Waals surface area contributed by atoms with E-state index in [-0.39, 0.29) is 5.91 Å². The van der Waals surface area contributed by atoms with Crippen molar-refractivity contribution in [1.29, 1.82) is 0 Å². The standard InChI is InChI=1S/C5H10N2O2/c1-4(8)7-5(9)2-3-6-7/h5-6,9H,2-3H2,1H3. The van der Waals surface area contributed by atoms with E-state index in [9.17, 15) is 4.79 Å². The second kappa shape index (κ2) is 2.33. The largest absolute Gasteiger partial charge is 0.372 e. The predicted octanol–water partition coefficient (Wildman–Crippen LogP) is -0.938. The molecule has 0 aromatic rings. The number of nitrogens with zero attached hydrogens (tertiary/aromatic N) is 1. The van der Waals surface area contributed by atoms with Crippen molar-refractivity contribution in [2.24, 2.45) is 0 Å². The van der Waals surface area contributed by atoms with E-state index in [1.807, 2.05) is 0 Å². The molecule has 0 spiro atoms. The Morgan fingerprint density at radius 3 is 2.78 bits per heavy atom. The first-order chi connectivity index (χ1) is 4.22. The summed E-state index contributed by atoms with van der Waals surface area (Å²) in [5, 5.41) is 10.2. The molecule has 0 aromatic heterocycles. The van der Waals surface area contributed by atoms with Gasteiger partial charge in [-0.15, -0.1) is 0 Å². The lowest BCUT2D eigenvalue weighted by Gasteiger charge is -2.16. The number of hydrogen-bond donors (Lipinski definition) is 2. The highest BCUT2D eigenvalue weighted by atomic mass is 16.3. The summed E-state index contributed by atoms with van der Waals surface area (Å²) in [6.45, 7) is 2.10. The van der Waals surface area contributed by atoms with Gasteiger partial charge in [0.2, 0.25) is 5.91 Å². The van der Waals surface area contributed by atoms with Crippen LogP contribution in [-0.2, 0) is 4.79 Å². The number of nitrogens with one attached hydrogen (secondary N) is 1. The van der Waals surface area contributed by atoms with Gasteiger partial charge in [0.1, 0.15) is 6.23 Å². The van der Waals surface area contributed by atoms with E-state index in [2.05, 4.69) is 5.43 Å². The molecule has 0 radical (unpaired) electrons. The van der Waals surface area contributed by atoms with Gasteiger partial charge in [-0.1, -0.05) is 0 Å². The number of hydrogen-bond acceptors (Lipinski definition) is 3. The van der Waals surface area contributed by atoms with Gasteiger partial charge in [-0.05, 0) is 0 Å². The lowest BCUT2D eigenvalue weighted by Crippen LogP contribution is -2.40. The summed E-state index contributed by atoms with van der Waals surface area (Å²) in [4.78, 5) is 10.6. The van der Waals surface area contributed by atoms with Crippen LogP contribution in [0.4, 0.5) is 0 Å². The molecular weight excluding hydrogens is 120 g/mol. The lowest BCUT2D eigenvalue weighted by molar-refractivity contribution is -0.139. The average molecular weight is 130 g/mol. The van der Waals surface area contributed by atoms with Crippen LogP contribution < -0.4 is 5.43 Å². The van der Waals surface area contributed by atoms with Gasteiger partial charge in [-0.3, -0.25) is 4.79 Å². The van der Waals surface area contributed by atoms with Crippen molar-refractivity contribution < 1.29 is 9.90 Å². The molecule has 1 amide bonds. The van der Waals surface area contributed by atoms with Crippen LogP contribution in [0.15, 0.2) is 0 Å². The number of hydrazine groups is 1. The van der Waals surface area contributed by atoms with Crippen molar-refractivity contribution in [3.05, 3.63) is 0 Å². The first-order valence-corrected chi connectivity index (χ1v) is 2.93. The molecule has 0 aromatic carbocycles. The van der Waals surface area contributed by atoms with E-state index < -0.39 is 6.23 Å². The molecule has 1 aliphatic heterocycles. The fraction of sp³-hybridized carbons (Fsp3) is 0.800. The first-order valence-electron chi connectivity index (χ1n) is 2.93. The van der Waals surface area contributed by atoms with Gasteiger partial charge in [0.25, 0.3) is 0 Å². The van der Waals surface area contributed by atoms with Gasteiger partial charge in [0, 0.05) is 19.9 Å². The Morgan fingerprint density at radius 2 is 2.56 bits per heavy atom. The fourth-order valence-corrected chi connectivity index (χ4v) is 0.870. The Kier molecular flexibility index (Phi) is 1.68. The number of amides is 1. The number of carbonyl (C=O) groups is 1. The Bertz CT molecular complexity index is 126. The number of aliphatic hydroxyl groups is 1. The summed E-state index contributed by atoms with van der Waals surface area (Å²) < 4.78 is 0. The maximum atomic E-state index is 10.6. The maximum Gasteiger partial charge on any atom is 0.235 e. The quantitative estimate of drug-likeness (QED) is 0.445. The maximum absolute atomic E-state index is 10.6. The highest BCUT2D eigenvalue weighted by Gasteiger charge is 2.23. The van der Waals surface area contributed by atoms with Crippen LogP contribution >= 0.6 is 0 Å². The molecule has 0 bridgehead atoms. The molecule has 2 N–H and O–H groups in total. The van der Waals surface area contributed by atoms with Crippen molar-refractivity contribution in [3.8, 4) is 0 Å². The fourth-order valence-electron chi connectivity index (χ4n) is 0.870. The van der Waals surface area contributed by atoms with E-state index in [0.29, 0.717) is 13.0 Å². The molecule has 1 aliphatic rings. The smallest absolute Gasteiger partial charge is 0.235 e. The van der Waals surface area contributed by atoms with Gasteiger partial charge >= 0.3 is 0 Å². The molecule has 9 heavy (non-hydrogen) atoms. The molecule has 1 heterocycles. The van der Waals surface area contributed by atoms with E-state index in [4.69, 9.17) is 5.11 Å². The summed E-state index contributed by atoms with van der Waals surface area (Å²) in [6, 6.07) is 0. The van der Waals surface area contributed by atoms with Gasteiger partial charge in [-0.25, -0.2) is 10.4 Å². The van der Waals surface area contributed by atoms with E-state index in [1.54, 1.807) is 0 Å². The van der Waals surface area contributed by atoms with Crippen molar-refractivity contribution in [3.63, 3.8) is 0 Å². The normalized spacial score (nSPS) is 26.9. The summed E-state index contributed by atoms with van der Waals surface area (Å²) in [6.07, 6.45) is 0.00190. The molecule has 1 rings (SSSR count). The van der Waals surface area contributed by atoms with Crippen LogP contribution in [0, 0.1) is 0 Å². The van der Waals surface area contributed by atoms with Gasteiger partial charge in [0.05, 0.1) is 0 Å². The highest BCUT2D eigenvalue weighted by molar-refractivity contribution is 5.73. The minimum Gasteiger partial charge on any atom is -0.372 e. The molecule has 1 unspecified atom stereocenters. The monoisotopic (exact) mass is 130 g/mol. The van der Waals surface area contributed by atoms with Crippen LogP contribution in [0.2, 0.25) is 0 Å². The van der Waals surface area contributed by atoms with Crippen molar-refractivity contribution >= 4 is 5.91 Å². The third kappa shape index (κ3) is 1.20. The molecule has 0 saturated carbocycles. The molecule has 4 heteroatoms. The Balaban J connectivity index is 2.49. The third-order valence-corrected chi connectivity index (χ3v) is 1.32. The Morgan fingerprint density at radius 1 is 1.89 bits per heavy atom. The molecule has 52 valence electrons. The van der Waals surface area contributed by atoms with Gasteiger partial charge < -0.3 is 5.11 Å².